The first-order chi connectivity index (χ1) is 13.0. The van der Waals surface area contributed by atoms with Crippen LogP contribution in [-0.2, 0) is 4.79 Å². The molecule has 6 nitrogen and oxygen atoms in total. The van der Waals surface area contributed by atoms with Crippen LogP contribution in [0.5, 0.6) is 11.5 Å². The van der Waals surface area contributed by atoms with Crippen molar-refractivity contribution in [1.82, 2.24) is 5.32 Å². The van der Waals surface area contributed by atoms with E-state index in [0.29, 0.717) is 35.2 Å². The Bertz CT molecular complexity index is 874. The molecule has 6 heteroatoms. The normalized spacial score (nSPS) is 12.4. The Morgan fingerprint density at radius 1 is 1.11 bits per heavy atom. The predicted octanol–water partition coefficient (Wildman–Crippen LogP) is 3.45. The third-order valence-corrected chi connectivity index (χ3v) is 3.92. The van der Waals surface area contributed by atoms with E-state index in [1.807, 2.05) is 19.9 Å². The number of amides is 2. The molecule has 0 bridgehead atoms. The van der Waals surface area contributed by atoms with Crippen molar-refractivity contribution in [2.24, 2.45) is 5.92 Å². The van der Waals surface area contributed by atoms with Crippen LogP contribution in [0.4, 0.5) is 5.69 Å². The smallest absolute Gasteiger partial charge is 0.253 e. The van der Waals surface area contributed by atoms with Crippen LogP contribution in [0.3, 0.4) is 0 Å². The molecule has 0 saturated carbocycles. The van der Waals surface area contributed by atoms with E-state index in [9.17, 15) is 9.59 Å². The fourth-order valence-electron chi connectivity index (χ4n) is 2.55. The van der Waals surface area contributed by atoms with Crippen molar-refractivity contribution < 1.29 is 19.1 Å². The Morgan fingerprint density at radius 3 is 2.70 bits per heavy atom. The van der Waals surface area contributed by atoms with Gasteiger partial charge in [-0.3, -0.25) is 9.59 Å². The molecule has 0 aliphatic carbocycles. The fourth-order valence-corrected chi connectivity index (χ4v) is 2.55. The molecule has 0 atom stereocenters. The molecule has 1 aliphatic rings. The summed E-state index contributed by atoms with van der Waals surface area (Å²) in [5, 5.41) is 5.62. The van der Waals surface area contributed by atoms with Gasteiger partial charge < -0.3 is 20.1 Å². The van der Waals surface area contributed by atoms with E-state index >= 15 is 0 Å². The van der Waals surface area contributed by atoms with Crippen LogP contribution in [-0.4, -0.2) is 25.2 Å². The van der Waals surface area contributed by atoms with Gasteiger partial charge in [0.1, 0.15) is 0 Å². The first-order valence-corrected chi connectivity index (χ1v) is 8.79. The second kappa shape index (κ2) is 8.40. The van der Waals surface area contributed by atoms with E-state index in [4.69, 9.17) is 9.47 Å². The molecule has 0 saturated heterocycles. The predicted molar refractivity (Wildman–Crippen MR) is 104 cm³/mol. The van der Waals surface area contributed by atoms with Crippen LogP contribution in [0.1, 0.15) is 29.8 Å². The molecule has 0 unspecified atom stereocenters. The lowest BCUT2D eigenvalue weighted by Crippen LogP contribution is -2.28. The average molecular weight is 366 g/mol. The van der Waals surface area contributed by atoms with Crippen LogP contribution in [0.25, 0.3) is 6.08 Å². The Morgan fingerprint density at radius 2 is 1.89 bits per heavy atom. The monoisotopic (exact) mass is 366 g/mol. The minimum atomic E-state index is -0.322. The van der Waals surface area contributed by atoms with Gasteiger partial charge in [0.25, 0.3) is 5.91 Å². The van der Waals surface area contributed by atoms with Gasteiger partial charge in [-0.1, -0.05) is 32.0 Å². The molecule has 2 amide bonds. The Labute approximate surface area is 158 Å². The van der Waals surface area contributed by atoms with Crippen molar-refractivity contribution >= 4 is 23.6 Å². The van der Waals surface area contributed by atoms with Gasteiger partial charge in [0.15, 0.2) is 11.5 Å². The summed E-state index contributed by atoms with van der Waals surface area (Å²) in [4.78, 5) is 24.6. The molecule has 3 rings (SSSR count). The van der Waals surface area contributed by atoms with Gasteiger partial charge in [-0.2, -0.15) is 0 Å². The minimum Gasteiger partial charge on any atom is -0.454 e. The van der Waals surface area contributed by atoms with E-state index in [0.717, 1.165) is 5.56 Å². The molecule has 0 aromatic heterocycles. The van der Waals surface area contributed by atoms with Gasteiger partial charge in [-0.15, -0.1) is 0 Å². The molecule has 140 valence electrons. The molecule has 1 heterocycles. The van der Waals surface area contributed by atoms with E-state index in [2.05, 4.69) is 10.6 Å². The summed E-state index contributed by atoms with van der Waals surface area (Å²) in [6, 6.07) is 12.4. The molecule has 2 aromatic carbocycles. The lowest BCUT2D eigenvalue weighted by Gasteiger charge is -2.11. The molecule has 27 heavy (non-hydrogen) atoms. The van der Waals surface area contributed by atoms with Crippen molar-refractivity contribution in [3.8, 4) is 11.5 Å². The third kappa shape index (κ3) is 4.88. The van der Waals surface area contributed by atoms with E-state index in [1.54, 1.807) is 42.5 Å². The van der Waals surface area contributed by atoms with E-state index in [-0.39, 0.29) is 18.6 Å². The SMILES string of the molecule is CC(C)CNC(=O)c1ccccc1NC(=O)/C=C/c1ccc2c(c1)OCO2. The Kier molecular flexibility index (Phi) is 5.76. The van der Waals surface area contributed by atoms with Gasteiger partial charge in [0.2, 0.25) is 12.7 Å². The Balaban J connectivity index is 1.66. The molecule has 2 N–H and O–H groups in total. The lowest BCUT2D eigenvalue weighted by molar-refractivity contribution is -0.111. The maximum Gasteiger partial charge on any atom is 0.253 e. The summed E-state index contributed by atoms with van der Waals surface area (Å²) < 4.78 is 10.6. The van der Waals surface area contributed by atoms with Gasteiger partial charge in [-0.05, 0) is 41.8 Å². The molecule has 1 aliphatic heterocycles. The highest BCUT2D eigenvalue weighted by Gasteiger charge is 2.13. The Hall–Kier alpha value is -3.28. The van der Waals surface area contributed by atoms with Gasteiger partial charge in [-0.25, -0.2) is 0 Å². The fraction of sp³-hybridized carbons (Fsp3) is 0.238. The van der Waals surface area contributed by atoms with Crippen LogP contribution < -0.4 is 20.1 Å². The quantitative estimate of drug-likeness (QED) is 0.768. The number of nitrogens with one attached hydrogen (secondary N) is 2. The molecule has 0 radical (unpaired) electrons. The second-order valence-electron chi connectivity index (χ2n) is 6.58. The highest BCUT2D eigenvalue weighted by Crippen LogP contribution is 2.32. The summed E-state index contributed by atoms with van der Waals surface area (Å²) >= 11 is 0. The lowest BCUT2D eigenvalue weighted by atomic mass is 10.1. The zero-order valence-electron chi connectivity index (χ0n) is 15.3. The van der Waals surface area contributed by atoms with Crippen molar-refractivity contribution in [1.29, 1.82) is 0 Å². The highest BCUT2D eigenvalue weighted by atomic mass is 16.7. The minimum absolute atomic E-state index is 0.207. The zero-order valence-corrected chi connectivity index (χ0v) is 15.3. The number of hydrogen-bond donors (Lipinski definition) is 2. The van der Waals surface area contributed by atoms with Crippen LogP contribution in [0.2, 0.25) is 0 Å². The summed E-state index contributed by atoms with van der Waals surface area (Å²) in [5.74, 6) is 1.17. The largest absolute Gasteiger partial charge is 0.454 e. The van der Waals surface area contributed by atoms with E-state index in [1.165, 1.54) is 6.08 Å². The number of para-hydroxylation sites is 1. The van der Waals surface area contributed by atoms with Crippen LogP contribution in [0.15, 0.2) is 48.5 Å². The summed E-state index contributed by atoms with van der Waals surface area (Å²) in [6.45, 7) is 4.83. The molecule has 0 spiro atoms. The van der Waals surface area contributed by atoms with Gasteiger partial charge in [0.05, 0.1) is 11.3 Å². The standard InChI is InChI=1S/C21H22N2O4/c1-14(2)12-22-21(25)16-5-3-4-6-17(16)23-20(24)10-8-15-7-9-18-19(11-15)27-13-26-18/h3-11,14H,12-13H2,1-2H3,(H,22,25)(H,23,24)/b10-8+. The number of carbonyl (C=O) groups excluding carboxylic acids is 2. The van der Waals surface area contributed by atoms with Crippen molar-refractivity contribution in [2.75, 3.05) is 18.7 Å². The van der Waals surface area contributed by atoms with E-state index < -0.39 is 0 Å². The van der Waals surface area contributed by atoms with Crippen LogP contribution in [0, 0.1) is 5.92 Å². The third-order valence-electron chi connectivity index (χ3n) is 3.92. The highest BCUT2D eigenvalue weighted by molar-refractivity contribution is 6.07. The van der Waals surface area contributed by atoms with Crippen molar-refractivity contribution in [2.45, 2.75) is 13.8 Å². The molecule has 0 fully saturated rings. The van der Waals surface area contributed by atoms with Crippen LogP contribution >= 0.6 is 0 Å². The topological polar surface area (TPSA) is 76.7 Å². The number of benzene rings is 2. The second-order valence-corrected chi connectivity index (χ2v) is 6.58. The number of ether oxygens (including phenoxy) is 2. The number of rotatable bonds is 6. The van der Waals surface area contributed by atoms with Gasteiger partial charge in [0, 0.05) is 12.6 Å². The molecular weight excluding hydrogens is 344 g/mol. The summed E-state index contributed by atoms with van der Waals surface area (Å²) in [5.41, 5.74) is 1.72. The number of carbonyl (C=O) groups is 2. The maximum atomic E-state index is 12.3. The number of anilines is 1. The summed E-state index contributed by atoms with van der Waals surface area (Å²) in [6.07, 6.45) is 3.10. The van der Waals surface area contributed by atoms with Crippen molar-refractivity contribution in [3.63, 3.8) is 0 Å². The first kappa shape index (κ1) is 18.5. The first-order valence-electron chi connectivity index (χ1n) is 8.79. The van der Waals surface area contributed by atoms with Crippen molar-refractivity contribution in [3.05, 3.63) is 59.7 Å². The molecule has 2 aromatic rings. The summed E-state index contributed by atoms with van der Waals surface area (Å²) in [7, 11) is 0. The number of hydrogen-bond acceptors (Lipinski definition) is 4. The molecular formula is C21H22N2O4. The maximum absolute atomic E-state index is 12.3. The number of fused-ring (bicyclic) bond motifs is 1. The average Bonchev–Trinajstić information content (AvgIpc) is 3.12. The zero-order chi connectivity index (χ0) is 19.2. The van der Waals surface area contributed by atoms with Gasteiger partial charge >= 0.3 is 0 Å².